The van der Waals surface area contributed by atoms with Crippen molar-refractivity contribution in [2.24, 2.45) is 0 Å². The zero-order chi connectivity index (χ0) is 22.6. The zero-order valence-electron chi connectivity index (χ0n) is 20.0. The second-order valence-corrected chi connectivity index (χ2v) is 14.3. The average molecular weight is 434 g/mol. The molecule has 1 aromatic carbocycles. The van der Waals surface area contributed by atoms with Crippen LogP contribution in [0.5, 0.6) is 0 Å². The van der Waals surface area contributed by atoms with Crippen molar-refractivity contribution < 1.29 is 14.0 Å². The number of ether oxygens (including phenoxy) is 1. The van der Waals surface area contributed by atoms with Gasteiger partial charge in [-0.15, -0.1) is 6.58 Å². The molecule has 170 valence electrons. The van der Waals surface area contributed by atoms with Crippen LogP contribution in [0.1, 0.15) is 65.4 Å². The van der Waals surface area contributed by atoms with Gasteiger partial charge in [-0.2, -0.15) is 0 Å². The molecule has 0 unspecified atom stereocenters. The summed E-state index contributed by atoms with van der Waals surface area (Å²) in [6.45, 7) is 18.4. The fourth-order valence-corrected chi connectivity index (χ4v) is 4.42. The molecule has 0 fully saturated rings. The maximum Gasteiger partial charge on any atom is 0.220 e. The first kappa shape index (κ1) is 26.6. The minimum atomic E-state index is -1.79. The topological polar surface area (TPSA) is 47.6 Å². The van der Waals surface area contributed by atoms with Crippen molar-refractivity contribution >= 4 is 14.2 Å². The van der Waals surface area contributed by atoms with Gasteiger partial charge in [0.2, 0.25) is 5.91 Å². The van der Waals surface area contributed by atoms with Crippen molar-refractivity contribution in [3.8, 4) is 0 Å². The number of hydrogen-bond donors (Lipinski definition) is 1. The van der Waals surface area contributed by atoms with Gasteiger partial charge in [0.15, 0.2) is 8.32 Å². The Hall–Kier alpha value is -1.43. The van der Waals surface area contributed by atoms with E-state index >= 15 is 0 Å². The molecule has 0 saturated heterocycles. The summed E-state index contributed by atoms with van der Waals surface area (Å²) in [7, 11) is -1.79. The van der Waals surface area contributed by atoms with Crippen molar-refractivity contribution in [2.45, 2.75) is 96.7 Å². The number of rotatable bonds is 14. The van der Waals surface area contributed by atoms with E-state index < -0.39 is 8.32 Å². The van der Waals surface area contributed by atoms with Crippen LogP contribution in [0.3, 0.4) is 0 Å². The molecule has 1 rings (SSSR count). The smallest absolute Gasteiger partial charge is 0.220 e. The van der Waals surface area contributed by atoms with Gasteiger partial charge in [-0.25, -0.2) is 0 Å². The highest BCUT2D eigenvalue weighted by atomic mass is 28.4. The average Bonchev–Trinajstić information content (AvgIpc) is 2.67. The highest BCUT2D eigenvalue weighted by molar-refractivity contribution is 6.74. The zero-order valence-corrected chi connectivity index (χ0v) is 21.0. The van der Waals surface area contributed by atoms with Gasteiger partial charge < -0.3 is 14.5 Å². The van der Waals surface area contributed by atoms with Crippen molar-refractivity contribution in [3.05, 3.63) is 48.6 Å². The van der Waals surface area contributed by atoms with Crippen LogP contribution in [0.2, 0.25) is 18.1 Å². The number of amides is 1. The Kier molecular flexibility index (Phi) is 11.6. The molecule has 30 heavy (non-hydrogen) atoms. The Morgan fingerprint density at radius 1 is 1.20 bits per heavy atom. The van der Waals surface area contributed by atoms with E-state index in [0.717, 1.165) is 31.2 Å². The third kappa shape index (κ3) is 10.1. The first-order valence-electron chi connectivity index (χ1n) is 11.3. The van der Waals surface area contributed by atoms with Crippen molar-refractivity contribution in [1.29, 1.82) is 0 Å². The molecule has 0 bridgehead atoms. The fraction of sp³-hybridized carbons (Fsp3) is 0.640. The lowest BCUT2D eigenvalue weighted by Gasteiger charge is -2.39. The van der Waals surface area contributed by atoms with E-state index in [2.05, 4.69) is 52.7 Å². The number of nitrogens with one attached hydrogen (secondary N) is 1. The van der Waals surface area contributed by atoms with Gasteiger partial charge in [0.1, 0.15) is 0 Å². The standard InChI is InChI=1S/C25H43NO3Si/c1-8-14-23(29-30(6,7)25(3,4)5)17-13-18-24(27)26-22(9-2)20-28-19-21-15-11-10-12-16-21/h9-12,15-16,22-23H,2,8,13-14,17-20H2,1,3-7H3,(H,26,27)/t22-,23+/m1/s1. The lowest BCUT2D eigenvalue weighted by Crippen LogP contribution is -2.44. The summed E-state index contributed by atoms with van der Waals surface area (Å²) in [5.41, 5.74) is 1.12. The minimum Gasteiger partial charge on any atom is -0.414 e. The molecule has 1 amide bonds. The van der Waals surface area contributed by atoms with Crippen LogP contribution in [-0.4, -0.2) is 33.0 Å². The second-order valence-electron chi connectivity index (χ2n) is 9.59. The maximum atomic E-state index is 12.4. The number of benzene rings is 1. The Balaban J connectivity index is 2.38. The van der Waals surface area contributed by atoms with E-state index in [-0.39, 0.29) is 23.1 Å². The minimum absolute atomic E-state index is 0.0470. The van der Waals surface area contributed by atoms with Crippen LogP contribution in [0.15, 0.2) is 43.0 Å². The molecule has 5 heteroatoms. The normalized spacial score (nSPS) is 14.2. The molecule has 0 spiro atoms. The molecule has 1 aromatic rings. The predicted molar refractivity (Wildman–Crippen MR) is 129 cm³/mol. The third-order valence-electron chi connectivity index (χ3n) is 5.85. The third-order valence-corrected chi connectivity index (χ3v) is 10.4. The number of carbonyl (C=O) groups is 1. The van der Waals surface area contributed by atoms with Crippen LogP contribution in [0.25, 0.3) is 0 Å². The van der Waals surface area contributed by atoms with E-state index in [1.165, 1.54) is 0 Å². The molecule has 0 aromatic heterocycles. The molecule has 4 nitrogen and oxygen atoms in total. The monoisotopic (exact) mass is 433 g/mol. The molecule has 0 heterocycles. The molecule has 0 radical (unpaired) electrons. The highest BCUT2D eigenvalue weighted by Gasteiger charge is 2.38. The van der Waals surface area contributed by atoms with Gasteiger partial charge in [0.25, 0.3) is 0 Å². The molecule has 1 N–H and O–H groups in total. The van der Waals surface area contributed by atoms with E-state index in [1.54, 1.807) is 6.08 Å². The molecule has 0 aliphatic carbocycles. The predicted octanol–water partition coefficient (Wildman–Crippen LogP) is 6.23. The quantitative estimate of drug-likeness (QED) is 0.279. The summed E-state index contributed by atoms with van der Waals surface area (Å²) in [5, 5.41) is 3.22. The molecular formula is C25H43NO3Si. The number of hydrogen-bond acceptors (Lipinski definition) is 3. The largest absolute Gasteiger partial charge is 0.414 e. The van der Waals surface area contributed by atoms with Gasteiger partial charge in [0.05, 0.1) is 19.3 Å². The van der Waals surface area contributed by atoms with Gasteiger partial charge >= 0.3 is 0 Å². The fourth-order valence-electron chi connectivity index (χ4n) is 2.99. The van der Waals surface area contributed by atoms with Crippen LogP contribution in [0.4, 0.5) is 0 Å². The maximum absolute atomic E-state index is 12.4. The Labute approximate surface area is 185 Å². The highest BCUT2D eigenvalue weighted by Crippen LogP contribution is 2.38. The first-order chi connectivity index (χ1) is 14.1. The van der Waals surface area contributed by atoms with Gasteiger partial charge in [-0.1, -0.05) is 70.5 Å². The molecule has 0 aliphatic rings. The summed E-state index contributed by atoms with van der Waals surface area (Å²) >= 11 is 0. The van der Waals surface area contributed by atoms with E-state index in [0.29, 0.717) is 19.6 Å². The molecular weight excluding hydrogens is 390 g/mol. The summed E-state index contributed by atoms with van der Waals surface area (Å²) in [6, 6.07) is 9.85. The lowest BCUT2D eigenvalue weighted by molar-refractivity contribution is -0.122. The van der Waals surface area contributed by atoms with E-state index in [4.69, 9.17) is 9.16 Å². The van der Waals surface area contributed by atoms with Crippen LogP contribution in [-0.2, 0) is 20.6 Å². The summed E-state index contributed by atoms with van der Waals surface area (Å²) in [6.07, 6.45) is 6.40. The van der Waals surface area contributed by atoms with Crippen molar-refractivity contribution in [1.82, 2.24) is 5.32 Å². The second kappa shape index (κ2) is 13.1. The number of carbonyl (C=O) groups excluding carboxylic acids is 1. The van der Waals surface area contributed by atoms with E-state index in [9.17, 15) is 4.79 Å². The Bertz CT molecular complexity index is 625. The Morgan fingerprint density at radius 3 is 2.43 bits per heavy atom. The molecule has 2 atom stereocenters. The SMILES string of the molecule is C=C[C@H](COCc1ccccc1)NC(=O)CCC[C@H](CCC)O[Si](C)(C)C(C)(C)C. The van der Waals surface area contributed by atoms with Crippen LogP contribution in [0, 0.1) is 0 Å². The van der Waals surface area contributed by atoms with Gasteiger partial charge in [-0.05, 0) is 43.0 Å². The lowest BCUT2D eigenvalue weighted by atomic mass is 10.1. The van der Waals surface area contributed by atoms with Gasteiger partial charge in [-0.3, -0.25) is 4.79 Å². The summed E-state index contributed by atoms with van der Waals surface area (Å²) < 4.78 is 12.3. The molecule has 0 saturated carbocycles. The van der Waals surface area contributed by atoms with Crippen molar-refractivity contribution in [2.75, 3.05) is 6.61 Å². The molecule has 0 aliphatic heterocycles. The summed E-state index contributed by atoms with van der Waals surface area (Å²) in [5.74, 6) is 0.0470. The van der Waals surface area contributed by atoms with Crippen LogP contribution < -0.4 is 5.32 Å². The van der Waals surface area contributed by atoms with E-state index in [1.807, 2.05) is 30.3 Å². The summed E-state index contributed by atoms with van der Waals surface area (Å²) in [4.78, 5) is 12.4. The Morgan fingerprint density at radius 2 is 1.87 bits per heavy atom. The van der Waals surface area contributed by atoms with Crippen molar-refractivity contribution in [3.63, 3.8) is 0 Å². The first-order valence-corrected chi connectivity index (χ1v) is 14.2. The van der Waals surface area contributed by atoms with Gasteiger partial charge in [0, 0.05) is 12.5 Å². The van der Waals surface area contributed by atoms with Crippen LogP contribution >= 0.6 is 0 Å².